The summed E-state index contributed by atoms with van der Waals surface area (Å²) in [4.78, 5) is 0. The fraction of sp³-hybridized carbons (Fsp3) is 0.217. The van der Waals surface area contributed by atoms with Gasteiger partial charge in [0, 0.05) is 11.6 Å². The zero-order chi connectivity index (χ0) is 24.4. The zero-order valence-electron chi connectivity index (χ0n) is 17.0. The highest BCUT2D eigenvalue weighted by atomic mass is 19.3. The molecule has 3 rings (SSSR count). The normalized spacial score (nSPS) is 11.3. The van der Waals surface area contributed by atoms with E-state index in [9.17, 15) is 35.8 Å². The maximum absolute atomic E-state index is 15.1. The summed E-state index contributed by atoms with van der Waals surface area (Å²) in [6.07, 6.45) is -0.624. The Bertz CT molecular complexity index is 1150. The van der Waals surface area contributed by atoms with Crippen LogP contribution in [0.15, 0.2) is 30.3 Å². The number of halogens is 8. The van der Waals surface area contributed by atoms with E-state index in [1.807, 2.05) is 0 Å². The van der Waals surface area contributed by atoms with E-state index in [1.54, 1.807) is 6.92 Å². The topological polar surface area (TPSA) is 29.5 Å². The summed E-state index contributed by atoms with van der Waals surface area (Å²) in [5.74, 6) is -10.3. The average Bonchev–Trinajstić information content (AvgIpc) is 2.71. The molecular formula is C23H16F8O2. The molecular weight excluding hydrogens is 460 g/mol. The van der Waals surface area contributed by atoms with Gasteiger partial charge in [0.05, 0.1) is 11.1 Å². The van der Waals surface area contributed by atoms with Crippen molar-refractivity contribution in [2.75, 3.05) is 0 Å². The lowest BCUT2D eigenvalue weighted by Crippen LogP contribution is -2.07. The average molecular weight is 476 g/mol. The van der Waals surface area contributed by atoms with Gasteiger partial charge in [-0.3, -0.25) is 0 Å². The number of aryl methyl sites for hydroxylation is 2. The van der Waals surface area contributed by atoms with Crippen molar-refractivity contribution in [3.63, 3.8) is 0 Å². The summed E-state index contributed by atoms with van der Waals surface area (Å²) in [5.41, 5.74) is -2.37. The number of hydrogen-bond acceptors (Lipinski definition) is 2. The summed E-state index contributed by atoms with van der Waals surface area (Å²) in [7, 11) is 0. The lowest BCUT2D eigenvalue weighted by molar-refractivity contribution is -0.0546. The Morgan fingerprint density at radius 2 is 1.27 bits per heavy atom. The minimum atomic E-state index is -3.47. The number of phenols is 1. The summed E-state index contributed by atoms with van der Waals surface area (Å²) in [6, 6.07) is 3.69. The van der Waals surface area contributed by atoms with Crippen molar-refractivity contribution in [2.45, 2.75) is 32.8 Å². The second kappa shape index (κ2) is 9.68. The number of aromatic hydroxyl groups is 1. The predicted octanol–water partition coefficient (Wildman–Crippen LogP) is 6.84. The fourth-order valence-corrected chi connectivity index (χ4v) is 3.41. The van der Waals surface area contributed by atoms with Crippen LogP contribution < -0.4 is 4.74 Å². The first-order valence-electron chi connectivity index (χ1n) is 9.64. The van der Waals surface area contributed by atoms with E-state index in [0.29, 0.717) is 18.2 Å². The van der Waals surface area contributed by atoms with Gasteiger partial charge in [-0.15, -0.1) is 0 Å². The Morgan fingerprint density at radius 3 is 1.79 bits per heavy atom. The largest absolute Gasteiger partial charge is 0.507 e. The number of ether oxygens (including phenoxy) is 1. The van der Waals surface area contributed by atoms with E-state index >= 15 is 4.39 Å². The molecule has 0 aromatic heterocycles. The third-order valence-electron chi connectivity index (χ3n) is 4.98. The molecule has 0 saturated carbocycles. The molecule has 0 aliphatic heterocycles. The summed E-state index contributed by atoms with van der Waals surface area (Å²) in [5, 5.41) is 10.00. The molecule has 0 atom stereocenters. The molecule has 0 radical (unpaired) electrons. The highest BCUT2D eigenvalue weighted by molar-refractivity contribution is 5.73. The highest BCUT2D eigenvalue weighted by Gasteiger charge is 2.25. The van der Waals surface area contributed by atoms with Gasteiger partial charge in [-0.2, -0.15) is 8.78 Å². The third kappa shape index (κ3) is 5.04. The van der Waals surface area contributed by atoms with Gasteiger partial charge < -0.3 is 9.84 Å². The van der Waals surface area contributed by atoms with E-state index in [-0.39, 0.29) is 24.0 Å². The number of hydrogen-bond donors (Lipinski definition) is 1. The molecule has 0 heterocycles. The third-order valence-corrected chi connectivity index (χ3v) is 4.98. The SMILES string of the molecule is CCc1cc(F)c(-c2c(O)cc(F)c(CCc3cc(F)c(OC(F)F)c(F)c3)c2F)c(F)c1. The van der Waals surface area contributed by atoms with Gasteiger partial charge in [-0.1, -0.05) is 6.92 Å². The van der Waals surface area contributed by atoms with Crippen molar-refractivity contribution in [1.82, 2.24) is 0 Å². The molecule has 0 fully saturated rings. The Kier molecular flexibility index (Phi) is 7.14. The number of phenolic OH excluding ortho intramolecular Hbond substituents is 1. The number of rotatable bonds is 7. The Balaban J connectivity index is 1.98. The maximum atomic E-state index is 15.1. The Hall–Kier alpha value is -3.30. The van der Waals surface area contributed by atoms with Crippen molar-refractivity contribution in [2.24, 2.45) is 0 Å². The van der Waals surface area contributed by atoms with Crippen molar-refractivity contribution in [1.29, 1.82) is 0 Å². The molecule has 0 saturated heterocycles. The molecule has 0 spiro atoms. The molecule has 1 N–H and O–H groups in total. The maximum Gasteiger partial charge on any atom is 0.387 e. The molecule has 33 heavy (non-hydrogen) atoms. The Morgan fingerprint density at radius 1 is 0.727 bits per heavy atom. The summed E-state index contributed by atoms with van der Waals surface area (Å²) in [6.45, 7) is -1.83. The molecule has 0 unspecified atom stereocenters. The van der Waals surface area contributed by atoms with Crippen LogP contribution in [0.3, 0.4) is 0 Å². The first kappa shape index (κ1) is 24.3. The van der Waals surface area contributed by atoms with Gasteiger partial charge in [-0.05, 0) is 54.7 Å². The fourth-order valence-electron chi connectivity index (χ4n) is 3.41. The molecule has 3 aromatic carbocycles. The van der Waals surface area contributed by atoms with Crippen LogP contribution in [0.2, 0.25) is 0 Å². The van der Waals surface area contributed by atoms with Crippen LogP contribution in [-0.4, -0.2) is 11.7 Å². The van der Waals surface area contributed by atoms with Crippen LogP contribution in [0.5, 0.6) is 11.5 Å². The van der Waals surface area contributed by atoms with Crippen LogP contribution in [0.4, 0.5) is 35.1 Å². The quantitative estimate of drug-likeness (QED) is 0.379. The van der Waals surface area contributed by atoms with Gasteiger partial charge >= 0.3 is 6.61 Å². The standard InChI is InChI=1S/C23H16F8O2/c1-2-10-5-14(25)19(15(26)6-10)20-18(32)9-13(24)12(21(20)29)4-3-11-7-16(27)22(17(28)8-11)33-23(30)31/h5-9,23,32H,2-4H2,1H3. The van der Waals surface area contributed by atoms with Crippen molar-refractivity contribution in [3.8, 4) is 22.6 Å². The van der Waals surface area contributed by atoms with Crippen LogP contribution in [0.1, 0.15) is 23.6 Å². The second-order valence-electron chi connectivity index (χ2n) is 7.10. The lowest BCUT2D eigenvalue weighted by Gasteiger charge is -2.15. The van der Waals surface area contributed by atoms with Crippen LogP contribution in [0.25, 0.3) is 11.1 Å². The molecule has 0 aliphatic rings. The molecule has 2 nitrogen and oxygen atoms in total. The van der Waals surface area contributed by atoms with E-state index in [0.717, 1.165) is 12.1 Å². The second-order valence-corrected chi connectivity index (χ2v) is 7.10. The van der Waals surface area contributed by atoms with Gasteiger partial charge in [0.25, 0.3) is 0 Å². The van der Waals surface area contributed by atoms with Crippen LogP contribution >= 0.6 is 0 Å². The zero-order valence-corrected chi connectivity index (χ0v) is 17.0. The first-order chi connectivity index (χ1) is 15.5. The molecule has 0 amide bonds. The molecule has 0 bridgehead atoms. The predicted molar refractivity (Wildman–Crippen MR) is 103 cm³/mol. The number of alkyl halides is 2. The smallest absolute Gasteiger partial charge is 0.387 e. The van der Waals surface area contributed by atoms with Gasteiger partial charge in [0.15, 0.2) is 17.4 Å². The van der Waals surface area contributed by atoms with Crippen molar-refractivity contribution >= 4 is 0 Å². The van der Waals surface area contributed by atoms with Crippen molar-refractivity contribution in [3.05, 3.63) is 81.9 Å². The monoisotopic (exact) mass is 476 g/mol. The van der Waals surface area contributed by atoms with Crippen LogP contribution in [0, 0.1) is 34.9 Å². The van der Waals surface area contributed by atoms with Gasteiger partial charge in [0.1, 0.15) is 29.0 Å². The van der Waals surface area contributed by atoms with E-state index in [1.165, 1.54) is 0 Å². The van der Waals surface area contributed by atoms with E-state index in [4.69, 9.17) is 0 Å². The minimum Gasteiger partial charge on any atom is -0.507 e. The minimum absolute atomic E-state index is 0.148. The van der Waals surface area contributed by atoms with Crippen molar-refractivity contribution < 1.29 is 45.0 Å². The summed E-state index contributed by atoms with van der Waals surface area (Å²) >= 11 is 0. The van der Waals surface area contributed by atoms with Crippen LogP contribution in [-0.2, 0) is 19.3 Å². The lowest BCUT2D eigenvalue weighted by atomic mass is 9.95. The molecule has 10 heteroatoms. The highest BCUT2D eigenvalue weighted by Crippen LogP contribution is 2.39. The van der Waals surface area contributed by atoms with E-state index in [2.05, 4.69) is 4.74 Å². The first-order valence-corrected chi connectivity index (χ1v) is 9.64. The van der Waals surface area contributed by atoms with Gasteiger partial charge in [-0.25, -0.2) is 26.3 Å². The summed E-state index contributed by atoms with van der Waals surface area (Å²) < 4.78 is 114. The molecule has 176 valence electrons. The molecule has 0 aliphatic carbocycles. The number of benzene rings is 3. The Labute approximate surface area is 183 Å². The van der Waals surface area contributed by atoms with Gasteiger partial charge in [0.2, 0.25) is 0 Å². The molecule has 3 aromatic rings. The van der Waals surface area contributed by atoms with E-state index < -0.39 is 76.1 Å².